The van der Waals surface area contributed by atoms with E-state index in [0.29, 0.717) is 18.8 Å². The second-order valence-electron chi connectivity index (χ2n) is 5.50. The lowest BCUT2D eigenvalue weighted by Crippen LogP contribution is -2.31. The minimum atomic E-state index is -0.551. The molecule has 2 N–H and O–H groups in total. The van der Waals surface area contributed by atoms with Gasteiger partial charge < -0.3 is 15.4 Å². The van der Waals surface area contributed by atoms with Gasteiger partial charge in [-0.05, 0) is 5.92 Å². The van der Waals surface area contributed by atoms with Gasteiger partial charge >= 0.3 is 12.0 Å². The van der Waals surface area contributed by atoms with Gasteiger partial charge in [-0.15, -0.1) is 5.10 Å². The molecule has 0 radical (unpaired) electrons. The molecule has 2 amide bonds. The van der Waals surface area contributed by atoms with Gasteiger partial charge in [0.2, 0.25) is 0 Å². The van der Waals surface area contributed by atoms with Gasteiger partial charge in [0.25, 0.3) is 0 Å². The molecule has 0 aliphatic rings. The molecule has 24 heavy (non-hydrogen) atoms. The summed E-state index contributed by atoms with van der Waals surface area (Å²) >= 11 is 0. The number of rotatable bonds is 6. The van der Waals surface area contributed by atoms with Crippen molar-refractivity contribution < 1.29 is 14.3 Å². The third-order valence-electron chi connectivity index (χ3n) is 3.21. The highest BCUT2D eigenvalue weighted by Crippen LogP contribution is 2.21. The number of methoxy groups -OCH3 is 1. The number of esters is 1. The van der Waals surface area contributed by atoms with Crippen LogP contribution in [-0.2, 0) is 18.3 Å². The van der Waals surface area contributed by atoms with E-state index in [2.05, 4.69) is 30.8 Å². The van der Waals surface area contributed by atoms with Gasteiger partial charge in [0.1, 0.15) is 0 Å². The van der Waals surface area contributed by atoms with Crippen molar-refractivity contribution in [1.82, 2.24) is 30.1 Å². The molecule has 0 aliphatic heterocycles. The van der Waals surface area contributed by atoms with Gasteiger partial charge in [-0.1, -0.05) is 19.1 Å². The number of aryl methyl sites for hydroxylation is 1. The van der Waals surface area contributed by atoms with Crippen LogP contribution in [0.4, 0.5) is 10.5 Å². The van der Waals surface area contributed by atoms with Crippen LogP contribution in [0.2, 0.25) is 0 Å². The Morgan fingerprint density at radius 3 is 2.75 bits per heavy atom. The molecule has 2 aromatic rings. The molecule has 0 bridgehead atoms. The zero-order valence-corrected chi connectivity index (χ0v) is 14.1. The number of carbonyl (C=O) groups is 2. The summed E-state index contributed by atoms with van der Waals surface area (Å²) in [5.74, 6) is -0.349. The predicted molar refractivity (Wildman–Crippen MR) is 85.7 cm³/mol. The lowest BCUT2D eigenvalue weighted by atomic mass is 10.1. The first-order valence-electron chi connectivity index (χ1n) is 7.47. The Bertz CT molecular complexity index is 720. The third-order valence-corrected chi connectivity index (χ3v) is 3.21. The molecule has 2 heterocycles. The number of nitrogens with zero attached hydrogens (tertiary/aromatic N) is 5. The van der Waals surface area contributed by atoms with Crippen molar-refractivity contribution in [3.63, 3.8) is 0 Å². The average molecular weight is 335 g/mol. The van der Waals surface area contributed by atoms with E-state index in [1.165, 1.54) is 18.0 Å². The number of anilines is 1. The number of aromatic nitrogens is 5. The Morgan fingerprint density at radius 1 is 1.33 bits per heavy atom. The number of urea groups is 1. The highest BCUT2D eigenvalue weighted by atomic mass is 16.5. The molecule has 0 spiro atoms. The van der Waals surface area contributed by atoms with Crippen LogP contribution >= 0.6 is 0 Å². The summed E-state index contributed by atoms with van der Waals surface area (Å²) in [5.41, 5.74) is 1.63. The van der Waals surface area contributed by atoms with Crippen molar-refractivity contribution in [2.24, 2.45) is 7.05 Å². The van der Waals surface area contributed by atoms with Crippen LogP contribution in [0.1, 0.15) is 35.9 Å². The van der Waals surface area contributed by atoms with Gasteiger partial charge in [0.05, 0.1) is 31.2 Å². The first-order valence-corrected chi connectivity index (χ1v) is 7.47. The Labute approximate surface area is 139 Å². The summed E-state index contributed by atoms with van der Waals surface area (Å²) in [6, 6.07) is -0.335. The van der Waals surface area contributed by atoms with Crippen molar-refractivity contribution in [2.75, 3.05) is 19.0 Å². The zero-order valence-electron chi connectivity index (χ0n) is 14.1. The number of ether oxygens (including phenoxy) is 1. The van der Waals surface area contributed by atoms with E-state index in [9.17, 15) is 9.59 Å². The Hall–Kier alpha value is -2.91. The molecule has 10 nitrogen and oxygen atoms in total. The molecule has 130 valence electrons. The van der Waals surface area contributed by atoms with Gasteiger partial charge in [0.15, 0.2) is 5.69 Å². The maximum absolute atomic E-state index is 12.0. The minimum absolute atomic E-state index is 0.124. The molecular formula is C14H21N7O3. The lowest BCUT2D eigenvalue weighted by molar-refractivity contribution is 0.0594. The van der Waals surface area contributed by atoms with Crippen LogP contribution < -0.4 is 10.6 Å². The smallest absolute Gasteiger partial charge is 0.360 e. The highest BCUT2D eigenvalue weighted by Gasteiger charge is 2.14. The number of carbonyl (C=O) groups excluding carboxylic acids is 2. The fraction of sp³-hybridized carbons (Fsp3) is 0.500. The second kappa shape index (κ2) is 7.57. The van der Waals surface area contributed by atoms with Crippen LogP contribution in [-0.4, -0.2) is 50.4 Å². The zero-order chi connectivity index (χ0) is 17.7. The van der Waals surface area contributed by atoms with Crippen LogP contribution in [0.15, 0.2) is 12.4 Å². The fourth-order valence-corrected chi connectivity index (χ4v) is 2.08. The molecular weight excluding hydrogens is 314 g/mol. The highest BCUT2D eigenvalue weighted by molar-refractivity contribution is 5.89. The normalized spacial score (nSPS) is 10.7. The lowest BCUT2D eigenvalue weighted by Gasteiger charge is -2.08. The first kappa shape index (κ1) is 17.4. The van der Waals surface area contributed by atoms with Gasteiger partial charge in [-0.3, -0.25) is 4.68 Å². The van der Waals surface area contributed by atoms with E-state index in [-0.39, 0.29) is 17.6 Å². The van der Waals surface area contributed by atoms with Crippen LogP contribution in [0, 0.1) is 0 Å². The summed E-state index contributed by atoms with van der Waals surface area (Å²) in [5, 5.41) is 17.3. The largest absolute Gasteiger partial charge is 0.464 e. The van der Waals surface area contributed by atoms with E-state index in [0.717, 1.165) is 5.69 Å². The maximum Gasteiger partial charge on any atom is 0.360 e. The van der Waals surface area contributed by atoms with Gasteiger partial charge in [-0.25, -0.2) is 14.3 Å². The minimum Gasteiger partial charge on any atom is -0.464 e. The van der Waals surface area contributed by atoms with Gasteiger partial charge in [0, 0.05) is 19.8 Å². The standard InChI is InChI=1S/C14H21N7O3/c1-9(2)12-10(7-20(3)18-12)16-14(23)15-5-6-21-8-11(17-19-21)13(22)24-4/h7-9H,5-6H2,1-4H3,(H2,15,16,23). The topological polar surface area (TPSA) is 116 Å². The fourth-order valence-electron chi connectivity index (χ4n) is 2.08. The average Bonchev–Trinajstić information content (AvgIpc) is 3.13. The molecule has 0 unspecified atom stereocenters. The summed E-state index contributed by atoms with van der Waals surface area (Å²) in [7, 11) is 3.08. The quantitative estimate of drug-likeness (QED) is 0.752. The number of amides is 2. The van der Waals surface area contributed by atoms with Crippen LogP contribution in [0.25, 0.3) is 0 Å². The monoisotopic (exact) mass is 335 g/mol. The van der Waals surface area contributed by atoms with E-state index in [1.54, 1.807) is 17.9 Å². The molecule has 2 aromatic heterocycles. The number of hydrogen-bond acceptors (Lipinski definition) is 6. The van der Waals surface area contributed by atoms with Crippen molar-refractivity contribution in [1.29, 1.82) is 0 Å². The van der Waals surface area contributed by atoms with E-state index < -0.39 is 5.97 Å². The SMILES string of the molecule is COC(=O)c1cn(CCNC(=O)Nc2cn(C)nc2C(C)C)nn1. The van der Waals surface area contributed by atoms with E-state index in [1.807, 2.05) is 13.8 Å². The van der Waals surface area contributed by atoms with Crippen molar-refractivity contribution >= 4 is 17.7 Å². The summed E-state index contributed by atoms with van der Waals surface area (Å²) in [4.78, 5) is 23.2. The molecule has 0 fully saturated rings. The number of nitrogens with one attached hydrogen (secondary N) is 2. The van der Waals surface area contributed by atoms with Crippen LogP contribution in [0.3, 0.4) is 0 Å². The van der Waals surface area contributed by atoms with Crippen molar-refractivity contribution in [3.05, 3.63) is 23.8 Å². The molecule has 0 aliphatic carbocycles. The predicted octanol–water partition coefficient (Wildman–Crippen LogP) is 0.743. The molecule has 2 rings (SSSR count). The van der Waals surface area contributed by atoms with Gasteiger partial charge in [-0.2, -0.15) is 5.10 Å². The molecule has 0 saturated heterocycles. The number of hydrogen-bond donors (Lipinski definition) is 2. The Morgan fingerprint density at radius 2 is 2.08 bits per heavy atom. The van der Waals surface area contributed by atoms with E-state index >= 15 is 0 Å². The summed E-state index contributed by atoms with van der Waals surface area (Å²) < 4.78 is 7.66. The Balaban J connectivity index is 1.83. The molecule has 0 saturated carbocycles. The summed E-state index contributed by atoms with van der Waals surface area (Å²) in [6.45, 7) is 4.72. The second-order valence-corrected chi connectivity index (χ2v) is 5.50. The van der Waals surface area contributed by atoms with Crippen LogP contribution in [0.5, 0.6) is 0 Å². The molecule has 0 atom stereocenters. The molecule has 10 heteroatoms. The maximum atomic E-state index is 12.0. The molecule has 0 aromatic carbocycles. The van der Waals surface area contributed by atoms with Crippen molar-refractivity contribution in [2.45, 2.75) is 26.3 Å². The van der Waals surface area contributed by atoms with Crippen molar-refractivity contribution in [3.8, 4) is 0 Å². The Kier molecular flexibility index (Phi) is 5.51. The summed E-state index contributed by atoms with van der Waals surface area (Å²) in [6.07, 6.45) is 3.22. The first-order chi connectivity index (χ1) is 11.4. The van der Waals surface area contributed by atoms with E-state index in [4.69, 9.17) is 0 Å². The third kappa shape index (κ3) is 4.31.